The Hall–Kier alpha value is -2.12. The second-order valence-corrected chi connectivity index (χ2v) is 13.3. The fraction of sp³-hybridized carbons (Fsp3) is 0.733. The van der Waals surface area contributed by atoms with E-state index in [2.05, 4.69) is 39.8 Å². The molecule has 4 aliphatic carbocycles. The minimum absolute atomic E-state index is 0.0716. The molecule has 0 radical (unpaired) electrons. The van der Waals surface area contributed by atoms with Crippen LogP contribution in [0.5, 0.6) is 0 Å². The molecule has 0 amide bonds. The second kappa shape index (κ2) is 7.95. The number of carbonyl (C=O) groups is 2. The van der Waals surface area contributed by atoms with Crippen LogP contribution in [-0.2, 0) is 23.8 Å². The first-order chi connectivity index (χ1) is 17.4. The lowest BCUT2D eigenvalue weighted by Gasteiger charge is -2.69. The highest BCUT2D eigenvalue weighted by atomic mass is 16.6. The van der Waals surface area contributed by atoms with E-state index in [9.17, 15) is 14.7 Å². The molecule has 4 fully saturated rings. The maximum Gasteiger partial charge on any atom is 0.302 e. The van der Waals surface area contributed by atoms with Crippen LogP contribution in [0.25, 0.3) is 0 Å². The summed E-state index contributed by atoms with van der Waals surface area (Å²) < 4.78 is 23.9. The third-order valence-corrected chi connectivity index (χ3v) is 11.6. The monoisotopic (exact) mass is 512 g/mol. The Bertz CT molecular complexity index is 1140. The van der Waals surface area contributed by atoms with Gasteiger partial charge in [-0.1, -0.05) is 39.3 Å². The number of hydrogen-bond acceptors (Lipinski definition) is 7. The smallest absolute Gasteiger partial charge is 0.302 e. The highest BCUT2D eigenvalue weighted by Crippen LogP contribution is 2.75. The van der Waals surface area contributed by atoms with E-state index in [-0.39, 0.29) is 29.2 Å². The quantitative estimate of drug-likeness (QED) is 0.460. The minimum Gasteiger partial charge on any atom is -0.472 e. The topological polar surface area (TPSA) is 95.2 Å². The molecule has 1 aromatic rings. The Balaban J connectivity index is 1.48. The molecule has 202 valence electrons. The number of rotatable bonds is 3. The molecule has 5 aliphatic rings. The lowest BCUT2D eigenvalue weighted by atomic mass is 9.36. The summed E-state index contributed by atoms with van der Waals surface area (Å²) in [6.07, 6.45) is 7.14. The lowest BCUT2D eigenvalue weighted by molar-refractivity contribution is -0.262. The number of ether oxygens (including phenoxy) is 3. The van der Waals surface area contributed by atoms with E-state index in [4.69, 9.17) is 18.6 Å². The molecule has 37 heavy (non-hydrogen) atoms. The normalized spacial score (nSPS) is 49.9. The highest BCUT2D eigenvalue weighted by Gasteiger charge is 2.77. The molecule has 3 saturated carbocycles. The third-order valence-electron chi connectivity index (χ3n) is 11.6. The highest BCUT2D eigenvalue weighted by molar-refractivity contribution is 5.67. The summed E-state index contributed by atoms with van der Waals surface area (Å²) in [5.41, 5.74) is 0.924. The summed E-state index contributed by atoms with van der Waals surface area (Å²) in [6.45, 7) is 12.2. The summed E-state index contributed by atoms with van der Waals surface area (Å²) in [5, 5.41) is 12.2. The zero-order valence-corrected chi connectivity index (χ0v) is 22.8. The number of fused-ring (bicyclic) bond motifs is 4. The van der Waals surface area contributed by atoms with Crippen molar-refractivity contribution in [3.63, 3.8) is 0 Å². The van der Waals surface area contributed by atoms with Crippen LogP contribution in [0.15, 0.2) is 34.7 Å². The van der Waals surface area contributed by atoms with Gasteiger partial charge in [0.05, 0.1) is 31.3 Å². The minimum atomic E-state index is -0.722. The second-order valence-electron chi connectivity index (χ2n) is 13.3. The van der Waals surface area contributed by atoms with Gasteiger partial charge in [-0.05, 0) is 48.1 Å². The van der Waals surface area contributed by atoms with Gasteiger partial charge < -0.3 is 23.7 Å². The van der Waals surface area contributed by atoms with Gasteiger partial charge >= 0.3 is 11.9 Å². The number of allylic oxidation sites excluding steroid dienone is 1. The first-order valence-corrected chi connectivity index (χ1v) is 13.8. The van der Waals surface area contributed by atoms with Gasteiger partial charge in [0.25, 0.3) is 0 Å². The van der Waals surface area contributed by atoms with Crippen molar-refractivity contribution in [3.05, 3.63) is 35.8 Å². The van der Waals surface area contributed by atoms with E-state index in [1.165, 1.54) is 25.0 Å². The Kier molecular flexibility index (Phi) is 5.41. The number of hydrogen-bond donors (Lipinski definition) is 1. The van der Waals surface area contributed by atoms with Gasteiger partial charge in [-0.3, -0.25) is 9.59 Å². The zero-order valence-electron chi connectivity index (χ0n) is 22.8. The van der Waals surface area contributed by atoms with E-state index in [1.807, 2.05) is 6.26 Å². The largest absolute Gasteiger partial charge is 0.472 e. The van der Waals surface area contributed by atoms with Crippen LogP contribution in [0.3, 0.4) is 0 Å². The van der Waals surface area contributed by atoms with Crippen molar-refractivity contribution < 1.29 is 33.3 Å². The Morgan fingerprint density at radius 3 is 2.43 bits per heavy atom. The van der Waals surface area contributed by atoms with Gasteiger partial charge in [-0.25, -0.2) is 0 Å². The Labute approximate surface area is 218 Å². The van der Waals surface area contributed by atoms with Crippen molar-refractivity contribution >= 4 is 11.9 Å². The predicted molar refractivity (Wildman–Crippen MR) is 134 cm³/mol. The number of carbonyl (C=O) groups excluding carboxylic acids is 2. The molecule has 1 N–H and O–H groups in total. The van der Waals surface area contributed by atoms with Crippen LogP contribution in [0.4, 0.5) is 0 Å². The van der Waals surface area contributed by atoms with Gasteiger partial charge in [-0.15, -0.1) is 0 Å². The molecule has 11 atom stereocenters. The molecule has 0 unspecified atom stereocenters. The van der Waals surface area contributed by atoms with E-state index >= 15 is 0 Å². The third kappa shape index (κ3) is 3.07. The summed E-state index contributed by atoms with van der Waals surface area (Å²) in [5.74, 6) is -0.430. The van der Waals surface area contributed by atoms with Gasteiger partial charge in [0.2, 0.25) is 0 Å². The van der Waals surface area contributed by atoms with Crippen molar-refractivity contribution in [1.82, 2.24) is 0 Å². The van der Waals surface area contributed by atoms with Crippen LogP contribution in [0.2, 0.25) is 0 Å². The fourth-order valence-electron chi connectivity index (χ4n) is 10.2. The average molecular weight is 513 g/mol. The Morgan fingerprint density at radius 2 is 1.78 bits per heavy atom. The van der Waals surface area contributed by atoms with Crippen molar-refractivity contribution in [2.75, 3.05) is 6.61 Å². The molecule has 0 bridgehead atoms. The van der Waals surface area contributed by atoms with E-state index in [1.54, 1.807) is 6.26 Å². The molecule has 1 aromatic heterocycles. The first-order valence-electron chi connectivity index (χ1n) is 13.8. The number of esters is 2. The molecule has 7 nitrogen and oxygen atoms in total. The van der Waals surface area contributed by atoms with Crippen molar-refractivity contribution in [2.24, 2.45) is 33.5 Å². The van der Waals surface area contributed by atoms with E-state index in [0.29, 0.717) is 18.9 Å². The van der Waals surface area contributed by atoms with E-state index in [0.717, 1.165) is 19.3 Å². The van der Waals surface area contributed by atoms with Crippen molar-refractivity contribution in [1.29, 1.82) is 0 Å². The van der Waals surface area contributed by atoms with E-state index < -0.39 is 40.7 Å². The van der Waals surface area contributed by atoms with Crippen LogP contribution < -0.4 is 0 Å². The van der Waals surface area contributed by atoms with Gasteiger partial charge in [-0.2, -0.15) is 0 Å². The number of furan rings is 1. The molecule has 1 aliphatic heterocycles. The van der Waals surface area contributed by atoms with Crippen LogP contribution in [0, 0.1) is 33.5 Å². The zero-order chi connectivity index (χ0) is 26.5. The molecule has 1 saturated heterocycles. The molecular formula is C30H40O7. The molecule has 2 heterocycles. The van der Waals surface area contributed by atoms with Crippen LogP contribution in [-0.4, -0.2) is 48.1 Å². The molecule has 0 aromatic carbocycles. The van der Waals surface area contributed by atoms with Gasteiger partial charge in [0.1, 0.15) is 12.2 Å². The lowest BCUT2D eigenvalue weighted by Crippen LogP contribution is -2.73. The summed E-state index contributed by atoms with van der Waals surface area (Å²) in [7, 11) is 0. The summed E-state index contributed by atoms with van der Waals surface area (Å²) in [4.78, 5) is 24.5. The van der Waals surface area contributed by atoms with Crippen molar-refractivity contribution in [2.45, 2.75) is 97.6 Å². The average Bonchev–Trinajstić information content (AvgIpc) is 3.53. The van der Waals surface area contributed by atoms with Gasteiger partial charge in [0.15, 0.2) is 0 Å². The maximum atomic E-state index is 12.4. The standard InChI is InChI=1S/C30H40O7/c1-16(31)36-22-13-23(37-17(2)32)30(6)21-9-11-27(3)19(18-10-12-34-14-18)7-8-20(27)29(21,5)26(33)24-25(30)28(22,4)15-35-24/h8,10,12,14,19,21-26,33H,7,9,11,13,15H2,1-6H3/t19-,21+,22-,23-,24+,25+,26+,27+,28-,29-,30+/m0/s1. The summed E-state index contributed by atoms with van der Waals surface area (Å²) >= 11 is 0. The predicted octanol–water partition coefficient (Wildman–Crippen LogP) is 4.79. The maximum absolute atomic E-state index is 12.4. The molecule has 6 rings (SSSR count). The molecular weight excluding hydrogens is 472 g/mol. The SMILES string of the molecule is CC(=O)O[C@H]1C[C@H](OC(C)=O)[C@]2(C)[C@@H]3[C@@H](OC[C@@]13C)[C@@H](O)[C@@]1(C)C3=CC[C@@H](c4ccoc4)[C@@]3(C)CC[C@H]12. The fourth-order valence-corrected chi connectivity index (χ4v) is 10.2. The van der Waals surface area contributed by atoms with Crippen LogP contribution in [0.1, 0.15) is 78.7 Å². The number of aliphatic hydroxyl groups excluding tert-OH is 1. The Morgan fingerprint density at radius 1 is 1.08 bits per heavy atom. The summed E-state index contributed by atoms with van der Waals surface area (Å²) in [6, 6.07) is 2.06. The molecule has 7 heteroatoms. The molecule has 0 spiro atoms. The van der Waals surface area contributed by atoms with Gasteiger partial charge in [0, 0.05) is 42.4 Å². The number of aliphatic hydroxyl groups is 1. The van der Waals surface area contributed by atoms with Crippen molar-refractivity contribution in [3.8, 4) is 0 Å². The first kappa shape index (κ1) is 25.2. The van der Waals surface area contributed by atoms with Crippen LogP contribution >= 0.6 is 0 Å².